The first kappa shape index (κ1) is 27.8. The number of hydrogen-bond acceptors (Lipinski definition) is 4. The van der Waals surface area contributed by atoms with Crippen LogP contribution in [0.25, 0.3) is 21.9 Å². The van der Waals surface area contributed by atoms with Crippen molar-refractivity contribution in [3.63, 3.8) is 0 Å². The Kier molecular flexibility index (Phi) is 10.7. The van der Waals surface area contributed by atoms with Gasteiger partial charge in [-0.15, -0.1) is 0 Å². The van der Waals surface area contributed by atoms with Gasteiger partial charge in [-0.25, -0.2) is 0 Å². The smallest absolute Gasteiger partial charge is 0.290 e. The molecule has 0 bridgehead atoms. The number of aromatic nitrogens is 1. The van der Waals surface area contributed by atoms with Crippen molar-refractivity contribution in [1.29, 1.82) is 0 Å². The van der Waals surface area contributed by atoms with Crippen molar-refractivity contribution in [2.45, 2.75) is 46.3 Å². The summed E-state index contributed by atoms with van der Waals surface area (Å²) in [6, 6.07) is 22.6. The van der Waals surface area contributed by atoms with Gasteiger partial charge in [0.05, 0.1) is 11.8 Å². The number of carbonyl (C=O) groups is 1. The minimum absolute atomic E-state index is 0.250. The first-order valence-electron chi connectivity index (χ1n) is 11.3. The van der Waals surface area contributed by atoms with E-state index in [2.05, 4.69) is 54.4 Å². The molecule has 0 radical (unpaired) electrons. The molecule has 6 heteroatoms. The quantitative estimate of drug-likeness (QED) is 0.288. The summed E-state index contributed by atoms with van der Waals surface area (Å²) in [7, 11) is 0. The summed E-state index contributed by atoms with van der Waals surface area (Å²) >= 11 is 6.11. The summed E-state index contributed by atoms with van der Waals surface area (Å²) < 4.78 is 6.01. The second kappa shape index (κ2) is 13.5. The number of carboxylic acid groups (broad SMARTS) is 1. The fourth-order valence-electron chi connectivity index (χ4n) is 3.52. The van der Waals surface area contributed by atoms with Gasteiger partial charge in [-0.1, -0.05) is 54.9 Å². The highest BCUT2D eigenvalue weighted by Gasteiger charge is 2.14. The summed E-state index contributed by atoms with van der Waals surface area (Å²) in [6.07, 6.45) is 4.42. The summed E-state index contributed by atoms with van der Waals surface area (Å²) in [5.74, 6) is 0.778. The van der Waals surface area contributed by atoms with E-state index in [1.807, 2.05) is 24.3 Å². The van der Waals surface area contributed by atoms with Crippen LogP contribution in [0.5, 0.6) is 5.75 Å². The van der Waals surface area contributed by atoms with Gasteiger partial charge >= 0.3 is 0 Å². The van der Waals surface area contributed by atoms with Gasteiger partial charge in [0.25, 0.3) is 6.47 Å². The van der Waals surface area contributed by atoms with E-state index < -0.39 is 5.60 Å². The minimum Gasteiger partial charge on any atom is -0.487 e. The van der Waals surface area contributed by atoms with Gasteiger partial charge in [-0.05, 0) is 90.6 Å². The lowest BCUT2D eigenvalue weighted by molar-refractivity contribution is -0.122. The van der Waals surface area contributed by atoms with Crippen LogP contribution in [0.1, 0.15) is 38.8 Å². The van der Waals surface area contributed by atoms with Crippen LogP contribution in [-0.2, 0) is 17.8 Å². The van der Waals surface area contributed by atoms with Gasteiger partial charge in [0.1, 0.15) is 12.4 Å². The van der Waals surface area contributed by atoms with Crippen LogP contribution in [0.4, 0.5) is 0 Å². The maximum absolute atomic E-state index is 8.52. The molecule has 0 saturated carbocycles. The van der Waals surface area contributed by atoms with Gasteiger partial charge in [-0.3, -0.25) is 9.78 Å². The second-order valence-electron chi connectivity index (χ2n) is 8.72. The van der Waals surface area contributed by atoms with Crippen LogP contribution < -0.4 is 4.74 Å². The van der Waals surface area contributed by atoms with E-state index in [9.17, 15) is 0 Å². The molecule has 1 aromatic heterocycles. The van der Waals surface area contributed by atoms with E-state index in [1.165, 1.54) is 33.0 Å². The van der Waals surface area contributed by atoms with Crippen LogP contribution >= 0.6 is 11.6 Å². The van der Waals surface area contributed by atoms with Gasteiger partial charge in [0, 0.05) is 11.2 Å². The molecular formula is C29H32ClNO4. The molecule has 2 N–H and O–H groups in total. The second-order valence-corrected chi connectivity index (χ2v) is 9.16. The zero-order chi connectivity index (χ0) is 25.8. The molecule has 35 heavy (non-hydrogen) atoms. The monoisotopic (exact) mass is 493 g/mol. The van der Waals surface area contributed by atoms with Crippen molar-refractivity contribution in [1.82, 2.24) is 4.98 Å². The number of pyridine rings is 1. The normalized spacial score (nSPS) is 10.5. The Balaban J connectivity index is 0.000000473. The number of rotatable bonds is 5. The molecule has 1 heterocycles. The Morgan fingerprint density at radius 3 is 2.23 bits per heavy atom. The van der Waals surface area contributed by atoms with Gasteiger partial charge < -0.3 is 14.9 Å². The molecule has 0 atom stereocenters. The van der Waals surface area contributed by atoms with E-state index in [4.69, 9.17) is 31.3 Å². The van der Waals surface area contributed by atoms with Gasteiger partial charge in [0.2, 0.25) is 0 Å². The lowest BCUT2D eigenvalue weighted by Gasteiger charge is -2.18. The number of nitrogens with zero attached hydrogens (tertiary/aromatic N) is 1. The Labute approximate surface area is 212 Å². The van der Waals surface area contributed by atoms with E-state index in [0.29, 0.717) is 6.61 Å². The van der Waals surface area contributed by atoms with Crippen molar-refractivity contribution in [2.24, 2.45) is 0 Å². The van der Waals surface area contributed by atoms with Crippen LogP contribution in [0.3, 0.4) is 0 Å². The fourth-order valence-corrected chi connectivity index (χ4v) is 3.65. The highest BCUT2D eigenvalue weighted by molar-refractivity contribution is 6.30. The molecule has 0 amide bonds. The van der Waals surface area contributed by atoms with E-state index in [-0.39, 0.29) is 6.47 Å². The van der Waals surface area contributed by atoms with Crippen molar-refractivity contribution < 1.29 is 19.7 Å². The maximum atomic E-state index is 8.52. The molecule has 0 spiro atoms. The number of benzene rings is 3. The Hall–Kier alpha value is -3.41. The third kappa shape index (κ3) is 9.04. The summed E-state index contributed by atoms with van der Waals surface area (Å²) in [6.45, 7) is 7.68. The van der Waals surface area contributed by atoms with Crippen LogP contribution in [0.2, 0.25) is 5.02 Å². The SMILES string of the molecule is CC(C)(C)O.CCc1c(COc2cccnc2)cc2ccccc2c1-c1ccc(Cl)cc1.O=CO. The predicted octanol–water partition coefficient (Wildman–Crippen LogP) is 7.17. The zero-order valence-corrected chi connectivity index (χ0v) is 21.3. The molecule has 4 aromatic rings. The molecule has 4 rings (SSSR count). The van der Waals surface area contributed by atoms with E-state index in [0.717, 1.165) is 17.2 Å². The van der Waals surface area contributed by atoms with Crippen molar-refractivity contribution in [2.75, 3.05) is 0 Å². The van der Waals surface area contributed by atoms with Crippen LogP contribution in [0, 0.1) is 0 Å². The first-order valence-corrected chi connectivity index (χ1v) is 11.7. The molecule has 0 aliphatic carbocycles. The number of hydrogen-bond donors (Lipinski definition) is 2. The average molecular weight is 494 g/mol. The topological polar surface area (TPSA) is 79.7 Å². The molecule has 0 aliphatic heterocycles. The van der Waals surface area contributed by atoms with Crippen molar-refractivity contribution in [3.8, 4) is 16.9 Å². The zero-order valence-electron chi connectivity index (χ0n) is 20.5. The number of ether oxygens (including phenoxy) is 1. The molecule has 0 aliphatic rings. The Bertz CT molecular complexity index is 1200. The largest absolute Gasteiger partial charge is 0.487 e. The van der Waals surface area contributed by atoms with Gasteiger partial charge in [0.15, 0.2) is 0 Å². The first-order chi connectivity index (χ1) is 16.7. The highest BCUT2D eigenvalue weighted by Crippen LogP contribution is 2.36. The predicted molar refractivity (Wildman–Crippen MR) is 143 cm³/mol. The lowest BCUT2D eigenvalue weighted by atomic mass is 9.88. The third-order valence-electron chi connectivity index (χ3n) is 4.76. The molecule has 0 unspecified atom stereocenters. The molecule has 5 nitrogen and oxygen atoms in total. The molecule has 184 valence electrons. The summed E-state index contributed by atoms with van der Waals surface area (Å²) in [5, 5.41) is 18.6. The van der Waals surface area contributed by atoms with E-state index >= 15 is 0 Å². The van der Waals surface area contributed by atoms with Crippen molar-refractivity contribution in [3.05, 3.63) is 95.3 Å². The Morgan fingerprint density at radius 2 is 1.66 bits per heavy atom. The molecule has 3 aromatic carbocycles. The van der Waals surface area contributed by atoms with Crippen LogP contribution in [-0.4, -0.2) is 27.3 Å². The minimum atomic E-state index is -0.500. The third-order valence-corrected chi connectivity index (χ3v) is 5.02. The fraction of sp³-hybridized carbons (Fsp3) is 0.241. The maximum Gasteiger partial charge on any atom is 0.290 e. The standard InChI is InChI=1S/C24H20ClNO.C4H10O.CH2O2/c1-2-22-19(16-27-21-7-5-13-26-15-21)14-18-6-3-4-8-23(18)24(22)17-9-11-20(25)12-10-17;1-4(2,3)5;2-1-3/h3-15H,2,16H2,1H3;5H,1-3H3;1H,(H,2,3). The lowest BCUT2D eigenvalue weighted by Crippen LogP contribution is -2.10. The number of aliphatic hydroxyl groups is 1. The summed E-state index contributed by atoms with van der Waals surface area (Å²) in [5.41, 5.74) is 4.44. The van der Waals surface area contributed by atoms with E-state index in [1.54, 1.807) is 33.2 Å². The Morgan fingerprint density at radius 1 is 1.03 bits per heavy atom. The van der Waals surface area contributed by atoms with Gasteiger partial charge in [-0.2, -0.15) is 0 Å². The molecule has 0 saturated heterocycles. The van der Waals surface area contributed by atoms with Crippen LogP contribution in [0.15, 0.2) is 79.1 Å². The number of fused-ring (bicyclic) bond motifs is 1. The summed E-state index contributed by atoms with van der Waals surface area (Å²) in [4.78, 5) is 12.5. The molecular weight excluding hydrogens is 462 g/mol. The number of halogens is 1. The van der Waals surface area contributed by atoms with Crippen molar-refractivity contribution >= 4 is 28.8 Å². The average Bonchev–Trinajstić information content (AvgIpc) is 2.82. The molecule has 0 fully saturated rings. The highest BCUT2D eigenvalue weighted by atomic mass is 35.5.